The van der Waals surface area contributed by atoms with Crippen LogP contribution in [-0.2, 0) is 0 Å². The molecule has 23 heavy (non-hydrogen) atoms. The monoisotopic (exact) mass is 309 g/mol. The molecule has 120 valence electrons. The van der Waals surface area contributed by atoms with Crippen LogP contribution in [0.15, 0.2) is 37.6 Å². The zero-order valence-corrected chi connectivity index (χ0v) is 13.5. The van der Waals surface area contributed by atoms with E-state index in [9.17, 15) is 0 Å². The molecule has 1 aliphatic rings. The molecule has 0 amide bonds. The average molecular weight is 309 g/mol. The number of hydrogen-bond acceptors (Lipinski definition) is 4. The standard InChI is InChI=1S/C18H23N5/c1-4-18-20-12-16(23(18)5-2)15-7-6-8-17(22-15)21-14-9-10-19-13(3)11-14/h4-8,12-14,19H,1-2,9-11H2,3H3,(H,21,22). The maximum Gasteiger partial charge on any atom is 0.136 e. The van der Waals surface area contributed by atoms with Gasteiger partial charge in [0.2, 0.25) is 0 Å². The summed E-state index contributed by atoms with van der Waals surface area (Å²) in [7, 11) is 0. The summed E-state index contributed by atoms with van der Waals surface area (Å²) in [6.07, 6.45) is 7.47. The second-order valence-electron chi connectivity index (χ2n) is 5.89. The lowest BCUT2D eigenvalue weighted by molar-refractivity contribution is 0.396. The van der Waals surface area contributed by atoms with Gasteiger partial charge in [0.05, 0.1) is 17.6 Å². The molecule has 0 radical (unpaired) electrons. The fourth-order valence-corrected chi connectivity index (χ4v) is 3.04. The van der Waals surface area contributed by atoms with E-state index >= 15 is 0 Å². The summed E-state index contributed by atoms with van der Waals surface area (Å²) >= 11 is 0. The molecular formula is C18H23N5. The highest BCUT2D eigenvalue weighted by atomic mass is 15.1. The molecule has 1 fully saturated rings. The quantitative estimate of drug-likeness (QED) is 0.890. The van der Waals surface area contributed by atoms with Gasteiger partial charge in [0.25, 0.3) is 0 Å². The fraction of sp³-hybridized carbons (Fsp3) is 0.333. The van der Waals surface area contributed by atoms with Crippen molar-refractivity contribution in [1.82, 2.24) is 19.9 Å². The molecule has 0 bridgehead atoms. The van der Waals surface area contributed by atoms with Crippen molar-refractivity contribution in [2.45, 2.75) is 31.8 Å². The third-order valence-electron chi connectivity index (χ3n) is 4.18. The Morgan fingerprint density at radius 2 is 2.26 bits per heavy atom. The molecule has 2 aromatic heterocycles. The molecule has 2 N–H and O–H groups in total. The number of aromatic nitrogens is 3. The number of rotatable bonds is 5. The summed E-state index contributed by atoms with van der Waals surface area (Å²) in [5.74, 6) is 1.67. The van der Waals surface area contributed by atoms with Crippen LogP contribution in [0.5, 0.6) is 0 Å². The first-order valence-electron chi connectivity index (χ1n) is 8.01. The molecule has 3 heterocycles. The van der Waals surface area contributed by atoms with Crippen molar-refractivity contribution in [3.05, 3.63) is 43.4 Å². The van der Waals surface area contributed by atoms with Gasteiger partial charge in [-0.25, -0.2) is 9.97 Å². The number of hydrogen-bond donors (Lipinski definition) is 2. The van der Waals surface area contributed by atoms with Gasteiger partial charge in [-0.1, -0.05) is 19.2 Å². The highest BCUT2D eigenvalue weighted by Gasteiger charge is 2.18. The molecule has 0 saturated carbocycles. The van der Waals surface area contributed by atoms with Crippen molar-refractivity contribution in [1.29, 1.82) is 0 Å². The number of nitrogens with one attached hydrogen (secondary N) is 2. The molecule has 2 unspecified atom stereocenters. The van der Waals surface area contributed by atoms with Crippen LogP contribution < -0.4 is 10.6 Å². The molecule has 5 nitrogen and oxygen atoms in total. The van der Waals surface area contributed by atoms with Crippen molar-refractivity contribution in [3.8, 4) is 11.4 Å². The molecule has 0 aromatic carbocycles. The molecule has 1 saturated heterocycles. The van der Waals surface area contributed by atoms with Crippen molar-refractivity contribution in [3.63, 3.8) is 0 Å². The second-order valence-corrected chi connectivity index (χ2v) is 5.89. The summed E-state index contributed by atoms with van der Waals surface area (Å²) in [5, 5.41) is 7.02. The molecule has 2 aromatic rings. The molecule has 0 spiro atoms. The molecule has 3 rings (SSSR count). The van der Waals surface area contributed by atoms with Crippen LogP contribution in [0.25, 0.3) is 23.7 Å². The van der Waals surface area contributed by atoms with E-state index < -0.39 is 0 Å². The Morgan fingerprint density at radius 1 is 1.39 bits per heavy atom. The first-order valence-corrected chi connectivity index (χ1v) is 8.01. The number of imidazole rings is 1. The van der Waals surface area contributed by atoms with E-state index in [0.717, 1.165) is 42.4 Å². The van der Waals surface area contributed by atoms with E-state index in [2.05, 4.69) is 35.7 Å². The van der Waals surface area contributed by atoms with E-state index in [4.69, 9.17) is 4.98 Å². The first-order chi connectivity index (χ1) is 11.2. The Balaban J connectivity index is 1.84. The Labute approximate surface area is 137 Å². The summed E-state index contributed by atoms with van der Waals surface area (Å²) in [4.78, 5) is 9.09. The fourth-order valence-electron chi connectivity index (χ4n) is 3.04. The van der Waals surface area contributed by atoms with Crippen LogP contribution in [-0.4, -0.2) is 33.2 Å². The Bertz CT molecular complexity index is 703. The number of nitrogens with zero attached hydrogens (tertiary/aromatic N) is 3. The van der Waals surface area contributed by atoms with E-state index in [1.165, 1.54) is 0 Å². The molecular weight excluding hydrogens is 286 g/mol. The maximum atomic E-state index is 4.74. The van der Waals surface area contributed by atoms with Crippen LogP contribution in [0.1, 0.15) is 25.6 Å². The third kappa shape index (κ3) is 3.35. The lowest BCUT2D eigenvalue weighted by Gasteiger charge is -2.29. The van der Waals surface area contributed by atoms with Gasteiger partial charge in [-0.2, -0.15) is 0 Å². The van der Waals surface area contributed by atoms with Crippen molar-refractivity contribution >= 4 is 18.1 Å². The highest BCUT2D eigenvalue weighted by Crippen LogP contribution is 2.22. The Kier molecular flexibility index (Phi) is 4.57. The topological polar surface area (TPSA) is 54.8 Å². The van der Waals surface area contributed by atoms with E-state index in [1.807, 2.05) is 22.8 Å². The Hall–Kier alpha value is -2.40. The van der Waals surface area contributed by atoms with Gasteiger partial charge >= 0.3 is 0 Å². The van der Waals surface area contributed by atoms with Crippen LogP contribution in [0.3, 0.4) is 0 Å². The normalized spacial score (nSPS) is 20.9. The Morgan fingerprint density at radius 3 is 3.00 bits per heavy atom. The first kappa shape index (κ1) is 15.5. The second kappa shape index (κ2) is 6.79. The van der Waals surface area contributed by atoms with Crippen molar-refractivity contribution in [2.24, 2.45) is 0 Å². The molecule has 0 aliphatic carbocycles. The third-order valence-corrected chi connectivity index (χ3v) is 4.18. The van der Waals surface area contributed by atoms with Gasteiger partial charge in [-0.3, -0.25) is 4.57 Å². The summed E-state index contributed by atoms with van der Waals surface area (Å²) < 4.78 is 1.89. The SMILES string of the molecule is C=Cc1ncc(-c2cccc(NC3CCNC(C)C3)n2)n1C=C. The van der Waals surface area contributed by atoms with Crippen molar-refractivity contribution < 1.29 is 0 Å². The predicted octanol–water partition coefficient (Wildman–Crippen LogP) is 3.24. The van der Waals surface area contributed by atoms with Gasteiger partial charge < -0.3 is 10.6 Å². The van der Waals surface area contributed by atoms with Gasteiger partial charge in [-0.05, 0) is 44.5 Å². The largest absolute Gasteiger partial charge is 0.367 e. The summed E-state index contributed by atoms with van der Waals surface area (Å²) in [6, 6.07) is 7.02. The zero-order valence-electron chi connectivity index (χ0n) is 13.5. The minimum absolute atomic E-state index is 0.460. The average Bonchev–Trinajstić information content (AvgIpc) is 2.98. The number of piperidine rings is 1. The number of anilines is 1. The summed E-state index contributed by atoms with van der Waals surface area (Å²) in [6.45, 7) is 10.9. The van der Waals surface area contributed by atoms with Gasteiger partial charge in [-0.15, -0.1) is 0 Å². The van der Waals surface area contributed by atoms with Crippen LogP contribution >= 0.6 is 0 Å². The van der Waals surface area contributed by atoms with Crippen LogP contribution in [0.4, 0.5) is 5.82 Å². The molecule has 5 heteroatoms. The smallest absolute Gasteiger partial charge is 0.136 e. The van der Waals surface area contributed by atoms with E-state index in [-0.39, 0.29) is 0 Å². The maximum absolute atomic E-state index is 4.74. The van der Waals surface area contributed by atoms with Gasteiger partial charge in [0, 0.05) is 18.3 Å². The predicted molar refractivity (Wildman–Crippen MR) is 96.0 cm³/mol. The van der Waals surface area contributed by atoms with Gasteiger partial charge in [0.1, 0.15) is 11.6 Å². The van der Waals surface area contributed by atoms with Gasteiger partial charge in [0.15, 0.2) is 0 Å². The van der Waals surface area contributed by atoms with Crippen LogP contribution in [0, 0.1) is 0 Å². The molecule has 1 aliphatic heterocycles. The number of pyridine rings is 1. The zero-order chi connectivity index (χ0) is 16.2. The van der Waals surface area contributed by atoms with E-state index in [1.54, 1.807) is 18.5 Å². The van der Waals surface area contributed by atoms with Crippen LogP contribution in [0.2, 0.25) is 0 Å². The summed E-state index contributed by atoms with van der Waals surface area (Å²) in [5.41, 5.74) is 1.79. The minimum Gasteiger partial charge on any atom is -0.367 e. The minimum atomic E-state index is 0.460. The lowest BCUT2D eigenvalue weighted by atomic mass is 10.0. The lowest BCUT2D eigenvalue weighted by Crippen LogP contribution is -2.41. The molecule has 2 atom stereocenters. The highest BCUT2D eigenvalue weighted by molar-refractivity contribution is 5.62. The van der Waals surface area contributed by atoms with E-state index in [0.29, 0.717) is 12.1 Å². The van der Waals surface area contributed by atoms with Crippen molar-refractivity contribution in [2.75, 3.05) is 11.9 Å².